The largest absolute Gasteiger partial charge is 0.452 e. The van der Waals surface area contributed by atoms with Gasteiger partial charge in [-0.25, -0.2) is 9.97 Å². The standard InChI is InChI=1S/C41H27N3O/c1-41(2)29-18-10-8-16-27(29)34-30(41)21-22-32-35(34)28-17-9-11-19-31(28)44(32)40-42-37(25-13-4-3-5-14-25)39-38(43-40)36-26-15-7-6-12-24(26)20-23-33(36)45-39/h3-23H,1-2H3. The third kappa shape index (κ3) is 3.21. The summed E-state index contributed by atoms with van der Waals surface area (Å²) in [6.45, 7) is 4.67. The Bertz CT molecular complexity index is 2680. The Morgan fingerprint density at radius 1 is 0.600 bits per heavy atom. The molecule has 1 aliphatic carbocycles. The topological polar surface area (TPSA) is 43.9 Å². The van der Waals surface area contributed by atoms with E-state index in [9.17, 15) is 0 Å². The average molecular weight is 578 g/mol. The summed E-state index contributed by atoms with van der Waals surface area (Å²) in [4.78, 5) is 10.7. The lowest BCUT2D eigenvalue weighted by molar-refractivity contribution is 0.661. The number of hydrogen-bond donors (Lipinski definition) is 0. The SMILES string of the molecule is CC1(C)c2ccccc2-c2c1ccc1c2c2ccccc2n1-c1nc(-c2ccccc2)c2oc3ccc4ccccc4c3c2n1. The van der Waals surface area contributed by atoms with Gasteiger partial charge in [-0.2, -0.15) is 0 Å². The van der Waals surface area contributed by atoms with E-state index in [1.165, 1.54) is 33.0 Å². The van der Waals surface area contributed by atoms with Crippen molar-refractivity contribution in [2.45, 2.75) is 19.3 Å². The molecule has 0 N–H and O–H groups in total. The molecule has 10 rings (SSSR count). The normalized spacial score (nSPS) is 13.7. The van der Waals surface area contributed by atoms with E-state index in [2.05, 4.69) is 128 Å². The first-order chi connectivity index (χ1) is 22.1. The van der Waals surface area contributed by atoms with Crippen LogP contribution in [0.1, 0.15) is 25.0 Å². The van der Waals surface area contributed by atoms with Crippen molar-refractivity contribution in [3.8, 4) is 28.3 Å². The Labute approximate surface area is 259 Å². The van der Waals surface area contributed by atoms with Crippen LogP contribution in [0.3, 0.4) is 0 Å². The second-order valence-corrected chi connectivity index (χ2v) is 12.6. The van der Waals surface area contributed by atoms with Gasteiger partial charge in [0.25, 0.3) is 0 Å². The maximum absolute atomic E-state index is 6.58. The van der Waals surface area contributed by atoms with Crippen LogP contribution in [-0.2, 0) is 5.41 Å². The Morgan fingerprint density at radius 2 is 1.36 bits per heavy atom. The molecule has 0 bridgehead atoms. The number of fused-ring (bicyclic) bond motifs is 12. The Morgan fingerprint density at radius 3 is 2.24 bits per heavy atom. The highest BCUT2D eigenvalue weighted by Crippen LogP contribution is 2.53. The molecule has 4 nitrogen and oxygen atoms in total. The van der Waals surface area contributed by atoms with Crippen LogP contribution in [0.2, 0.25) is 0 Å². The van der Waals surface area contributed by atoms with Crippen LogP contribution in [0.15, 0.2) is 132 Å². The van der Waals surface area contributed by atoms with Gasteiger partial charge >= 0.3 is 0 Å². The number of para-hydroxylation sites is 1. The van der Waals surface area contributed by atoms with Gasteiger partial charge in [0, 0.05) is 21.8 Å². The van der Waals surface area contributed by atoms with Gasteiger partial charge in [0.05, 0.1) is 16.4 Å². The third-order valence-corrected chi connectivity index (χ3v) is 9.82. The van der Waals surface area contributed by atoms with E-state index in [1.54, 1.807) is 0 Å². The predicted molar refractivity (Wildman–Crippen MR) is 184 cm³/mol. The van der Waals surface area contributed by atoms with Crippen molar-refractivity contribution in [1.29, 1.82) is 0 Å². The van der Waals surface area contributed by atoms with Crippen molar-refractivity contribution in [2.24, 2.45) is 0 Å². The summed E-state index contributed by atoms with van der Waals surface area (Å²) < 4.78 is 8.83. The van der Waals surface area contributed by atoms with Gasteiger partial charge < -0.3 is 4.42 Å². The van der Waals surface area contributed by atoms with Crippen molar-refractivity contribution in [2.75, 3.05) is 0 Å². The van der Waals surface area contributed by atoms with Gasteiger partial charge in [-0.1, -0.05) is 123 Å². The zero-order valence-corrected chi connectivity index (χ0v) is 24.9. The molecule has 6 aromatic carbocycles. The number of benzene rings is 6. The third-order valence-electron chi connectivity index (χ3n) is 9.82. The summed E-state index contributed by atoms with van der Waals surface area (Å²) in [5.41, 5.74) is 11.5. The minimum absolute atomic E-state index is 0.0873. The molecule has 0 saturated heterocycles. The predicted octanol–water partition coefficient (Wildman–Crippen LogP) is 10.6. The molecule has 9 aromatic rings. The van der Waals surface area contributed by atoms with Gasteiger partial charge in [0.2, 0.25) is 5.95 Å². The molecule has 212 valence electrons. The molecule has 3 heterocycles. The molecular formula is C41H27N3O. The molecule has 4 heteroatoms. The van der Waals surface area contributed by atoms with E-state index >= 15 is 0 Å². The van der Waals surface area contributed by atoms with E-state index in [4.69, 9.17) is 14.4 Å². The molecule has 0 aliphatic heterocycles. The quantitative estimate of drug-likeness (QED) is 0.205. The number of rotatable bonds is 2. The van der Waals surface area contributed by atoms with Gasteiger partial charge in [-0.15, -0.1) is 0 Å². The molecular weight excluding hydrogens is 550 g/mol. The molecule has 0 saturated carbocycles. The van der Waals surface area contributed by atoms with Crippen molar-refractivity contribution >= 4 is 54.6 Å². The monoisotopic (exact) mass is 577 g/mol. The number of hydrogen-bond acceptors (Lipinski definition) is 3. The van der Waals surface area contributed by atoms with Crippen LogP contribution in [0.5, 0.6) is 0 Å². The van der Waals surface area contributed by atoms with Crippen LogP contribution in [0, 0.1) is 0 Å². The highest BCUT2D eigenvalue weighted by atomic mass is 16.3. The summed E-state index contributed by atoms with van der Waals surface area (Å²) in [5.74, 6) is 0.633. The van der Waals surface area contributed by atoms with Crippen LogP contribution in [-0.4, -0.2) is 14.5 Å². The van der Waals surface area contributed by atoms with E-state index in [0.717, 1.165) is 49.5 Å². The van der Waals surface area contributed by atoms with E-state index < -0.39 is 0 Å². The van der Waals surface area contributed by atoms with E-state index in [-0.39, 0.29) is 5.41 Å². The maximum Gasteiger partial charge on any atom is 0.236 e. The Balaban J connectivity index is 1.38. The first-order valence-corrected chi connectivity index (χ1v) is 15.4. The molecule has 0 amide bonds. The van der Waals surface area contributed by atoms with Crippen LogP contribution in [0.4, 0.5) is 0 Å². The lowest BCUT2D eigenvalue weighted by Crippen LogP contribution is -2.14. The fraction of sp³-hybridized carbons (Fsp3) is 0.0732. The minimum Gasteiger partial charge on any atom is -0.452 e. The van der Waals surface area contributed by atoms with Crippen LogP contribution >= 0.6 is 0 Å². The zero-order valence-electron chi connectivity index (χ0n) is 24.9. The van der Waals surface area contributed by atoms with Crippen LogP contribution < -0.4 is 0 Å². The molecule has 3 aromatic heterocycles. The van der Waals surface area contributed by atoms with Gasteiger partial charge in [-0.3, -0.25) is 4.57 Å². The summed E-state index contributed by atoms with van der Waals surface area (Å²) in [6, 6.07) is 45.0. The second-order valence-electron chi connectivity index (χ2n) is 12.6. The lowest BCUT2D eigenvalue weighted by atomic mass is 9.82. The average Bonchev–Trinajstić information content (AvgIpc) is 3.71. The molecule has 1 aliphatic rings. The first-order valence-electron chi connectivity index (χ1n) is 15.4. The molecule has 0 spiro atoms. The van der Waals surface area contributed by atoms with Gasteiger partial charge in [0.1, 0.15) is 16.8 Å². The molecule has 0 radical (unpaired) electrons. The van der Waals surface area contributed by atoms with Gasteiger partial charge in [-0.05, 0) is 51.2 Å². The van der Waals surface area contributed by atoms with Crippen LogP contribution in [0.25, 0.3) is 83.0 Å². The maximum atomic E-state index is 6.58. The molecule has 0 fully saturated rings. The summed E-state index contributed by atoms with van der Waals surface area (Å²) in [6.07, 6.45) is 0. The second kappa shape index (κ2) is 8.67. The molecule has 45 heavy (non-hydrogen) atoms. The van der Waals surface area contributed by atoms with Crippen molar-refractivity contribution in [1.82, 2.24) is 14.5 Å². The highest BCUT2D eigenvalue weighted by Gasteiger charge is 2.37. The summed E-state index contributed by atoms with van der Waals surface area (Å²) in [7, 11) is 0. The molecule has 0 unspecified atom stereocenters. The fourth-order valence-electron chi connectivity index (χ4n) is 7.76. The Hall–Kier alpha value is -5.74. The fourth-order valence-corrected chi connectivity index (χ4v) is 7.76. The Kier molecular flexibility index (Phi) is 4.76. The smallest absolute Gasteiger partial charge is 0.236 e. The van der Waals surface area contributed by atoms with E-state index in [0.29, 0.717) is 11.5 Å². The van der Waals surface area contributed by atoms with Crippen molar-refractivity contribution in [3.63, 3.8) is 0 Å². The van der Waals surface area contributed by atoms with Crippen molar-refractivity contribution in [3.05, 3.63) is 139 Å². The van der Waals surface area contributed by atoms with Crippen molar-refractivity contribution < 1.29 is 4.42 Å². The minimum atomic E-state index is -0.0873. The molecule has 0 atom stereocenters. The number of nitrogens with zero attached hydrogens (tertiary/aromatic N) is 3. The van der Waals surface area contributed by atoms with Gasteiger partial charge in [0.15, 0.2) is 5.58 Å². The zero-order chi connectivity index (χ0) is 29.9. The number of furan rings is 1. The highest BCUT2D eigenvalue weighted by molar-refractivity contribution is 6.20. The first kappa shape index (κ1) is 24.7. The van der Waals surface area contributed by atoms with E-state index in [1.807, 2.05) is 18.2 Å². The number of aromatic nitrogens is 3. The summed E-state index contributed by atoms with van der Waals surface area (Å²) in [5, 5.41) is 5.73. The summed E-state index contributed by atoms with van der Waals surface area (Å²) >= 11 is 0. The lowest BCUT2D eigenvalue weighted by Gasteiger charge is -2.21.